The van der Waals surface area contributed by atoms with E-state index in [9.17, 15) is 26.3 Å². The number of alkyl halides is 6. The van der Waals surface area contributed by atoms with E-state index in [2.05, 4.69) is 0 Å². The van der Waals surface area contributed by atoms with Crippen LogP contribution in [0.4, 0.5) is 26.3 Å². The Kier molecular flexibility index (Phi) is 7.18. The van der Waals surface area contributed by atoms with Crippen LogP contribution in [0.2, 0.25) is 0 Å². The Morgan fingerprint density at radius 3 is 1.58 bits per heavy atom. The molecule has 0 saturated heterocycles. The number of halogens is 6. The number of rotatable bonds is 5. The Morgan fingerprint density at radius 2 is 1.00 bits per heavy atom. The summed E-state index contributed by atoms with van der Waals surface area (Å²) in [5.41, 5.74) is 0.0572. The Labute approximate surface area is 243 Å². The molecule has 1 nitrogen and oxygen atoms in total. The molecule has 8 heteroatoms. The highest BCUT2D eigenvalue weighted by Gasteiger charge is 2.37. The zero-order chi connectivity index (χ0) is 30.4. The summed E-state index contributed by atoms with van der Waals surface area (Å²) in [7, 11) is -4.12. The number of hydrogen-bond acceptors (Lipinski definition) is 1. The lowest BCUT2D eigenvalue weighted by atomic mass is 9.91. The van der Waals surface area contributed by atoms with Crippen molar-refractivity contribution >= 4 is 39.3 Å². The molecule has 0 radical (unpaired) electrons. The van der Waals surface area contributed by atoms with Gasteiger partial charge in [0.2, 0.25) is 0 Å². The molecule has 0 aliphatic heterocycles. The zero-order valence-electron chi connectivity index (χ0n) is 22.5. The van der Waals surface area contributed by atoms with Crippen LogP contribution in [0.15, 0.2) is 127 Å². The third-order valence-electron chi connectivity index (χ3n) is 7.65. The fourth-order valence-electron chi connectivity index (χ4n) is 5.60. The number of benzene rings is 6. The first-order valence-electron chi connectivity index (χ1n) is 13.4. The maximum atomic E-state index is 15.2. The second kappa shape index (κ2) is 10.7. The second-order valence-electron chi connectivity index (χ2n) is 10.3. The van der Waals surface area contributed by atoms with Gasteiger partial charge in [-0.25, -0.2) is 0 Å². The van der Waals surface area contributed by atoms with Crippen LogP contribution in [-0.2, 0) is 23.1 Å². The van der Waals surface area contributed by atoms with E-state index in [0.717, 1.165) is 69.1 Å². The zero-order valence-corrected chi connectivity index (χ0v) is 23.3. The van der Waals surface area contributed by atoms with E-state index in [-0.39, 0.29) is 16.8 Å². The lowest BCUT2D eigenvalue weighted by Crippen LogP contribution is -2.21. The highest BCUT2D eigenvalue weighted by atomic mass is 31.2. The number of hydrogen-bond donors (Lipinski definition) is 0. The predicted molar refractivity (Wildman–Crippen MR) is 160 cm³/mol. The van der Waals surface area contributed by atoms with E-state index in [0.29, 0.717) is 5.56 Å². The first-order valence-corrected chi connectivity index (χ1v) is 15.3. The van der Waals surface area contributed by atoms with Gasteiger partial charge in [-0.1, -0.05) is 103 Å². The topological polar surface area (TPSA) is 17.1 Å². The van der Waals surface area contributed by atoms with Gasteiger partial charge < -0.3 is 4.57 Å². The highest BCUT2D eigenvalue weighted by molar-refractivity contribution is 7.78. The summed E-state index contributed by atoms with van der Waals surface area (Å²) in [5, 5.41) is 3.25. The Hall–Kier alpha value is -4.35. The van der Waals surface area contributed by atoms with E-state index in [1.54, 1.807) is 6.07 Å². The molecule has 0 aliphatic rings. The third kappa shape index (κ3) is 5.46. The SMILES string of the molecule is O=P(Cc1ccc2ccccc2c1-c1cccc2ccccc12)(c1cccc(C(F)(F)F)c1)c1cccc(C(F)(F)F)c1. The molecule has 0 N–H and O–H groups in total. The Balaban J connectivity index is 1.64. The molecule has 0 saturated carbocycles. The van der Waals surface area contributed by atoms with Crippen molar-refractivity contribution < 1.29 is 30.9 Å². The van der Waals surface area contributed by atoms with Crippen LogP contribution in [-0.4, -0.2) is 0 Å². The summed E-state index contributed by atoms with van der Waals surface area (Å²) in [5.74, 6) is 0. The summed E-state index contributed by atoms with van der Waals surface area (Å²) >= 11 is 0. The lowest BCUT2D eigenvalue weighted by Gasteiger charge is -2.24. The summed E-state index contributed by atoms with van der Waals surface area (Å²) < 4.78 is 97.8. The van der Waals surface area contributed by atoms with Gasteiger partial charge in [0.05, 0.1) is 11.1 Å². The summed E-state index contributed by atoms with van der Waals surface area (Å²) in [6.07, 6.45) is -9.75. The van der Waals surface area contributed by atoms with Crippen molar-refractivity contribution in [3.8, 4) is 11.1 Å². The molecular formula is C35H23F6OP. The molecule has 0 bridgehead atoms. The van der Waals surface area contributed by atoms with Crippen molar-refractivity contribution in [2.45, 2.75) is 18.5 Å². The molecule has 6 aromatic rings. The van der Waals surface area contributed by atoms with Gasteiger partial charge in [-0.3, -0.25) is 0 Å². The van der Waals surface area contributed by atoms with E-state index in [4.69, 9.17) is 0 Å². The van der Waals surface area contributed by atoms with Crippen LogP contribution >= 0.6 is 7.14 Å². The largest absolute Gasteiger partial charge is 0.416 e. The van der Waals surface area contributed by atoms with Gasteiger partial charge in [0.15, 0.2) is 0 Å². The minimum Gasteiger partial charge on any atom is -0.313 e. The molecule has 43 heavy (non-hydrogen) atoms. The quantitative estimate of drug-likeness (QED) is 0.141. The molecule has 0 aliphatic carbocycles. The summed E-state index contributed by atoms with van der Waals surface area (Å²) in [6, 6.07) is 32.9. The van der Waals surface area contributed by atoms with E-state index in [1.807, 2.05) is 72.8 Å². The van der Waals surface area contributed by atoms with Crippen molar-refractivity contribution in [3.05, 3.63) is 144 Å². The molecule has 0 fully saturated rings. The van der Waals surface area contributed by atoms with Gasteiger partial charge in [0, 0.05) is 16.8 Å². The Morgan fingerprint density at radius 1 is 0.512 bits per heavy atom. The number of fused-ring (bicyclic) bond motifs is 2. The van der Waals surface area contributed by atoms with Crippen LogP contribution in [0.1, 0.15) is 16.7 Å². The summed E-state index contributed by atoms with van der Waals surface area (Å²) in [6.45, 7) is 0. The minimum atomic E-state index is -4.73. The van der Waals surface area contributed by atoms with E-state index >= 15 is 4.57 Å². The first kappa shape index (κ1) is 28.8. The third-order valence-corrected chi connectivity index (χ3v) is 10.7. The van der Waals surface area contributed by atoms with Gasteiger partial charge in [-0.05, 0) is 62.5 Å². The summed E-state index contributed by atoms with van der Waals surface area (Å²) in [4.78, 5) is 0. The fourth-order valence-corrected chi connectivity index (χ4v) is 8.35. The molecule has 0 spiro atoms. The molecule has 0 unspecified atom stereocenters. The van der Waals surface area contributed by atoms with Crippen molar-refractivity contribution in [1.82, 2.24) is 0 Å². The average Bonchev–Trinajstić information content (AvgIpc) is 3.00. The molecule has 6 rings (SSSR count). The van der Waals surface area contributed by atoms with Gasteiger partial charge in [0.25, 0.3) is 0 Å². The molecule has 0 amide bonds. The molecular weight excluding hydrogens is 581 g/mol. The van der Waals surface area contributed by atoms with Crippen molar-refractivity contribution in [3.63, 3.8) is 0 Å². The van der Waals surface area contributed by atoms with Gasteiger partial charge in [0.1, 0.15) is 7.14 Å². The van der Waals surface area contributed by atoms with Crippen molar-refractivity contribution in [2.75, 3.05) is 0 Å². The normalized spacial score (nSPS) is 12.6. The maximum Gasteiger partial charge on any atom is 0.416 e. The highest BCUT2D eigenvalue weighted by Crippen LogP contribution is 2.51. The Bertz CT molecular complexity index is 1960. The van der Waals surface area contributed by atoms with Gasteiger partial charge >= 0.3 is 12.4 Å². The molecule has 0 heterocycles. The van der Waals surface area contributed by atoms with E-state index in [1.165, 1.54) is 12.1 Å². The van der Waals surface area contributed by atoms with Crippen molar-refractivity contribution in [2.24, 2.45) is 0 Å². The molecule has 216 valence electrons. The van der Waals surface area contributed by atoms with Crippen LogP contribution in [0.3, 0.4) is 0 Å². The monoisotopic (exact) mass is 604 g/mol. The maximum absolute atomic E-state index is 15.2. The average molecular weight is 605 g/mol. The van der Waals surface area contributed by atoms with Crippen LogP contribution in [0, 0.1) is 0 Å². The van der Waals surface area contributed by atoms with Gasteiger partial charge in [-0.2, -0.15) is 26.3 Å². The first-order chi connectivity index (χ1) is 20.4. The minimum absolute atomic E-state index is 0.168. The lowest BCUT2D eigenvalue weighted by molar-refractivity contribution is -0.138. The fraction of sp³-hybridized carbons (Fsp3) is 0.0857. The van der Waals surface area contributed by atoms with Crippen LogP contribution < -0.4 is 10.6 Å². The molecule has 6 aromatic carbocycles. The van der Waals surface area contributed by atoms with Crippen LogP contribution in [0.5, 0.6) is 0 Å². The molecule has 0 aromatic heterocycles. The van der Waals surface area contributed by atoms with Crippen LogP contribution in [0.25, 0.3) is 32.7 Å². The second-order valence-corrected chi connectivity index (χ2v) is 13.2. The van der Waals surface area contributed by atoms with Crippen molar-refractivity contribution in [1.29, 1.82) is 0 Å². The standard InChI is InChI=1S/C35H23F6OP/c36-34(37,38)26-11-6-13-28(20-26)43(42,29-14-7-12-27(21-29)35(39,40)41)22-25-19-18-24-9-2-4-16-31(24)33(25)32-17-5-10-23-8-1-3-15-30(23)32/h1-21H,22H2. The smallest absolute Gasteiger partial charge is 0.313 e. The van der Waals surface area contributed by atoms with Gasteiger partial charge in [-0.15, -0.1) is 0 Å². The molecule has 0 atom stereocenters. The van der Waals surface area contributed by atoms with E-state index < -0.39 is 30.6 Å². The predicted octanol–water partition coefficient (Wildman–Crippen LogP) is 10.2.